The summed E-state index contributed by atoms with van der Waals surface area (Å²) < 4.78 is 6.35. The summed E-state index contributed by atoms with van der Waals surface area (Å²) in [5.41, 5.74) is 0. The predicted molar refractivity (Wildman–Crippen MR) is 71.6 cm³/mol. The number of rotatable bonds is 3. The van der Waals surface area contributed by atoms with Gasteiger partial charge in [-0.2, -0.15) is 15.0 Å². The normalized spacial score (nSPS) is 10.9. The molecule has 2 aromatic rings. The molecule has 90 valence electrons. The lowest BCUT2D eigenvalue weighted by Crippen LogP contribution is -2.09. The van der Waals surface area contributed by atoms with E-state index in [1.54, 1.807) is 0 Å². The monoisotopic (exact) mass is 333 g/mol. The first-order chi connectivity index (χ1) is 8.06. The fourth-order valence-corrected chi connectivity index (χ4v) is 2.78. The topological polar surface area (TPSA) is 47.9 Å². The highest BCUT2D eigenvalue weighted by Gasteiger charge is 2.12. The van der Waals surface area contributed by atoms with E-state index in [1.165, 1.54) is 11.3 Å². The second-order valence-corrected chi connectivity index (χ2v) is 5.58. The summed E-state index contributed by atoms with van der Waals surface area (Å²) in [6.45, 7) is 3.80. The van der Waals surface area contributed by atoms with Crippen LogP contribution in [-0.2, 0) is 0 Å². The Bertz CT molecular complexity index is 532. The number of hydrogen-bond donors (Lipinski definition) is 0. The van der Waals surface area contributed by atoms with Crippen LogP contribution >= 0.6 is 38.9 Å². The molecule has 2 heterocycles. The number of ether oxygens (including phenoxy) is 1. The van der Waals surface area contributed by atoms with Gasteiger partial charge in [-0.05, 0) is 52.8 Å². The first-order valence-electron chi connectivity index (χ1n) is 4.88. The molecule has 0 N–H and O–H groups in total. The summed E-state index contributed by atoms with van der Waals surface area (Å²) in [4.78, 5) is 13.1. The van der Waals surface area contributed by atoms with Gasteiger partial charge in [0.25, 0.3) is 0 Å². The molecule has 0 amide bonds. The van der Waals surface area contributed by atoms with E-state index in [4.69, 9.17) is 16.3 Å². The average Bonchev–Trinajstić information content (AvgIpc) is 2.62. The summed E-state index contributed by atoms with van der Waals surface area (Å²) in [6, 6.07) is 2.18. The van der Waals surface area contributed by atoms with Crippen molar-refractivity contribution in [2.45, 2.75) is 20.0 Å². The van der Waals surface area contributed by atoms with E-state index >= 15 is 0 Å². The second kappa shape index (κ2) is 5.29. The fraction of sp³-hybridized carbons (Fsp3) is 0.300. The number of thiophene rings is 1. The lowest BCUT2D eigenvalue weighted by Gasteiger charge is -2.08. The van der Waals surface area contributed by atoms with Crippen molar-refractivity contribution in [2.75, 3.05) is 0 Å². The Labute approximate surface area is 116 Å². The van der Waals surface area contributed by atoms with Gasteiger partial charge in [0, 0.05) is 4.47 Å². The SMILES string of the molecule is CC(C)Oc1nc(Cl)nc(-c2sccc2Br)n1. The van der Waals surface area contributed by atoms with Gasteiger partial charge in [0.15, 0.2) is 5.82 Å². The lowest BCUT2D eigenvalue weighted by molar-refractivity contribution is 0.222. The molecule has 4 nitrogen and oxygen atoms in total. The highest BCUT2D eigenvalue weighted by atomic mass is 79.9. The quantitative estimate of drug-likeness (QED) is 0.856. The van der Waals surface area contributed by atoms with Crippen molar-refractivity contribution < 1.29 is 4.74 Å². The van der Waals surface area contributed by atoms with Crippen molar-refractivity contribution in [3.63, 3.8) is 0 Å². The second-order valence-electron chi connectivity index (χ2n) is 3.47. The minimum absolute atomic E-state index is 0.00640. The van der Waals surface area contributed by atoms with Crippen molar-refractivity contribution in [3.8, 4) is 16.7 Å². The maximum absolute atomic E-state index is 5.85. The molecule has 7 heteroatoms. The summed E-state index contributed by atoms with van der Waals surface area (Å²) >= 11 is 10.8. The smallest absolute Gasteiger partial charge is 0.321 e. The van der Waals surface area contributed by atoms with E-state index in [0.29, 0.717) is 5.82 Å². The van der Waals surface area contributed by atoms with Crippen molar-refractivity contribution in [3.05, 3.63) is 21.2 Å². The van der Waals surface area contributed by atoms with Gasteiger partial charge in [-0.1, -0.05) is 0 Å². The van der Waals surface area contributed by atoms with Gasteiger partial charge in [-0.3, -0.25) is 0 Å². The Kier molecular flexibility index (Phi) is 3.96. The third-order valence-corrected chi connectivity index (χ3v) is 3.75. The van der Waals surface area contributed by atoms with Crippen molar-refractivity contribution in [1.82, 2.24) is 15.0 Å². The Morgan fingerprint density at radius 2 is 2.12 bits per heavy atom. The minimum Gasteiger partial charge on any atom is -0.461 e. The molecule has 2 aromatic heterocycles. The third kappa shape index (κ3) is 3.14. The van der Waals surface area contributed by atoms with E-state index in [1.807, 2.05) is 25.3 Å². The minimum atomic E-state index is -0.00640. The maximum atomic E-state index is 5.85. The molecule has 0 fully saturated rings. The van der Waals surface area contributed by atoms with Crippen LogP contribution in [0.5, 0.6) is 6.01 Å². The van der Waals surface area contributed by atoms with Crippen LogP contribution < -0.4 is 4.74 Å². The van der Waals surface area contributed by atoms with Gasteiger partial charge < -0.3 is 4.74 Å². The third-order valence-electron chi connectivity index (χ3n) is 1.75. The van der Waals surface area contributed by atoms with E-state index < -0.39 is 0 Å². The zero-order chi connectivity index (χ0) is 12.4. The Balaban J connectivity index is 2.42. The highest BCUT2D eigenvalue weighted by molar-refractivity contribution is 9.10. The number of nitrogens with zero attached hydrogens (tertiary/aromatic N) is 3. The Morgan fingerprint density at radius 1 is 1.35 bits per heavy atom. The molecule has 2 rings (SSSR count). The van der Waals surface area contributed by atoms with E-state index in [2.05, 4.69) is 30.9 Å². The highest BCUT2D eigenvalue weighted by Crippen LogP contribution is 2.32. The molecule has 0 spiro atoms. The number of halogens is 2. The largest absolute Gasteiger partial charge is 0.461 e. The molecule has 0 aliphatic heterocycles. The summed E-state index contributed by atoms with van der Waals surface area (Å²) in [5.74, 6) is 0.516. The number of hydrogen-bond acceptors (Lipinski definition) is 5. The molecule has 0 bridgehead atoms. The Morgan fingerprint density at radius 3 is 2.71 bits per heavy atom. The van der Waals surface area contributed by atoms with Gasteiger partial charge in [0.05, 0.1) is 11.0 Å². The van der Waals surface area contributed by atoms with Crippen LogP contribution in [0.4, 0.5) is 0 Å². The van der Waals surface area contributed by atoms with Crippen LogP contribution in [-0.4, -0.2) is 21.1 Å². The predicted octanol–water partition coefficient (Wildman–Crippen LogP) is 3.80. The van der Waals surface area contributed by atoms with Crippen LogP contribution in [0, 0.1) is 0 Å². The molecular formula is C10H9BrClN3OS. The summed E-state index contributed by atoms with van der Waals surface area (Å²) in [7, 11) is 0. The molecule has 0 unspecified atom stereocenters. The van der Waals surface area contributed by atoms with Gasteiger partial charge >= 0.3 is 6.01 Å². The molecule has 17 heavy (non-hydrogen) atoms. The van der Waals surface area contributed by atoms with Crippen LogP contribution in [0.3, 0.4) is 0 Å². The molecule has 0 atom stereocenters. The van der Waals surface area contributed by atoms with Gasteiger partial charge in [0.2, 0.25) is 5.28 Å². The van der Waals surface area contributed by atoms with Crippen molar-refractivity contribution in [1.29, 1.82) is 0 Å². The standard InChI is InChI=1S/C10H9BrClN3OS/c1-5(2)16-10-14-8(13-9(12)15-10)7-6(11)3-4-17-7/h3-5H,1-2H3. The van der Waals surface area contributed by atoms with Crippen LogP contribution in [0.1, 0.15) is 13.8 Å². The van der Waals surface area contributed by atoms with Crippen molar-refractivity contribution in [2.24, 2.45) is 0 Å². The maximum Gasteiger partial charge on any atom is 0.321 e. The zero-order valence-corrected chi connectivity index (χ0v) is 12.3. The molecular weight excluding hydrogens is 326 g/mol. The van der Waals surface area contributed by atoms with Crippen molar-refractivity contribution >= 4 is 38.9 Å². The first kappa shape index (κ1) is 12.7. The van der Waals surface area contributed by atoms with Gasteiger partial charge in [-0.15, -0.1) is 11.3 Å². The molecule has 0 radical (unpaired) electrons. The Hall–Kier alpha value is -0.720. The molecule has 0 aliphatic carbocycles. The molecule has 0 aromatic carbocycles. The van der Waals surface area contributed by atoms with Gasteiger partial charge in [0.1, 0.15) is 0 Å². The fourth-order valence-electron chi connectivity index (χ4n) is 1.15. The average molecular weight is 335 g/mol. The molecule has 0 saturated carbocycles. The zero-order valence-electron chi connectivity index (χ0n) is 9.15. The van der Waals surface area contributed by atoms with Gasteiger partial charge in [-0.25, -0.2) is 0 Å². The van der Waals surface area contributed by atoms with Crippen LogP contribution in [0.2, 0.25) is 5.28 Å². The van der Waals surface area contributed by atoms with E-state index in [9.17, 15) is 0 Å². The van der Waals surface area contributed by atoms with Crippen LogP contribution in [0.15, 0.2) is 15.9 Å². The number of aromatic nitrogens is 3. The summed E-state index contributed by atoms with van der Waals surface area (Å²) in [5, 5.41) is 2.08. The van der Waals surface area contributed by atoms with Crippen LogP contribution in [0.25, 0.3) is 10.7 Å². The van der Waals surface area contributed by atoms with E-state index in [0.717, 1.165) is 9.35 Å². The van der Waals surface area contributed by atoms with E-state index in [-0.39, 0.29) is 17.4 Å². The summed E-state index contributed by atoms with van der Waals surface area (Å²) in [6.07, 6.45) is -0.00640. The molecule has 0 saturated heterocycles. The first-order valence-corrected chi connectivity index (χ1v) is 6.93. The lowest BCUT2D eigenvalue weighted by atomic mass is 10.4. The molecule has 0 aliphatic rings.